The minimum atomic E-state index is -0.539. The molecule has 0 saturated carbocycles. The summed E-state index contributed by atoms with van der Waals surface area (Å²) in [6.45, 7) is 0.261. The van der Waals surface area contributed by atoms with Crippen LogP contribution in [0.5, 0.6) is 0 Å². The third-order valence-electron chi connectivity index (χ3n) is 2.98. The molecule has 0 spiro atoms. The second-order valence-electron chi connectivity index (χ2n) is 4.40. The van der Waals surface area contributed by atoms with Gasteiger partial charge in [0.1, 0.15) is 0 Å². The largest absolute Gasteiger partial charge is 0.442 e. The molecule has 21 heavy (non-hydrogen) atoms. The summed E-state index contributed by atoms with van der Waals surface area (Å²) in [5.74, 6) is -0.574. The normalized spacial score (nSPS) is 10.7. The van der Waals surface area contributed by atoms with E-state index in [4.69, 9.17) is 10.3 Å². The number of amides is 1. The lowest BCUT2D eigenvalue weighted by Gasteiger charge is -2.05. The first-order valence-electron chi connectivity index (χ1n) is 6.14. The van der Waals surface area contributed by atoms with Crippen molar-refractivity contribution >= 4 is 17.2 Å². The van der Waals surface area contributed by atoms with Crippen LogP contribution >= 0.6 is 11.3 Å². The van der Waals surface area contributed by atoms with Gasteiger partial charge in [-0.25, -0.2) is 4.79 Å². The molecule has 7 heteroatoms. The summed E-state index contributed by atoms with van der Waals surface area (Å²) in [6.07, 6.45) is 0. The van der Waals surface area contributed by atoms with Crippen molar-refractivity contribution in [1.82, 2.24) is 9.72 Å². The van der Waals surface area contributed by atoms with Crippen LogP contribution in [0.15, 0.2) is 51.1 Å². The molecule has 2 N–H and O–H groups in total. The van der Waals surface area contributed by atoms with Crippen LogP contribution in [0.3, 0.4) is 0 Å². The van der Waals surface area contributed by atoms with E-state index >= 15 is 0 Å². The Hall–Kier alpha value is -2.67. The topological polar surface area (TPSA) is 91.1 Å². The minimum Gasteiger partial charge on any atom is -0.366 e. The summed E-state index contributed by atoms with van der Waals surface area (Å²) in [5, 5.41) is 5.70. The van der Waals surface area contributed by atoms with E-state index in [1.807, 2.05) is 23.6 Å². The fourth-order valence-electron chi connectivity index (χ4n) is 2.00. The van der Waals surface area contributed by atoms with Gasteiger partial charge < -0.3 is 5.73 Å². The number of nitrogens with zero attached hydrogens (tertiary/aromatic N) is 2. The summed E-state index contributed by atoms with van der Waals surface area (Å²) in [6, 6.07) is 10.5. The maximum Gasteiger partial charge on any atom is 0.442 e. The molecule has 0 fully saturated rings. The van der Waals surface area contributed by atoms with E-state index in [0.717, 1.165) is 10.4 Å². The van der Waals surface area contributed by atoms with Crippen molar-refractivity contribution in [3.63, 3.8) is 0 Å². The highest BCUT2D eigenvalue weighted by molar-refractivity contribution is 7.13. The quantitative estimate of drug-likeness (QED) is 0.794. The van der Waals surface area contributed by atoms with Gasteiger partial charge in [0.25, 0.3) is 0 Å². The zero-order valence-corrected chi connectivity index (χ0v) is 11.7. The number of carbonyl (C=O) groups is 1. The number of primary amides is 1. The van der Waals surface area contributed by atoms with Gasteiger partial charge in [0.15, 0.2) is 5.82 Å². The van der Waals surface area contributed by atoms with Crippen molar-refractivity contribution in [2.45, 2.75) is 6.54 Å². The van der Waals surface area contributed by atoms with E-state index in [9.17, 15) is 9.59 Å². The molecular weight excluding hydrogens is 290 g/mol. The first kappa shape index (κ1) is 13.3. The van der Waals surface area contributed by atoms with Gasteiger partial charge in [-0.1, -0.05) is 23.4 Å². The average molecular weight is 301 g/mol. The molecule has 0 aliphatic heterocycles. The van der Waals surface area contributed by atoms with Crippen molar-refractivity contribution in [2.24, 2.45) is 5.73 Å². The molecular formula is C14H11N3O3S. The molecule has 3 rings (SSSR count). The molecule has 0 saturated heterocycles. The van der Waals surface area contributed by atoms with E-state index in [-0.39, 0.29) is 6.54 Å². The van der Waals surface area contributed by atoms with Crippen LogP contribution in [-0.2, 0) is 6.54 Å². The van der Waals surface area contributed by atoms with Gasteiger partial charge in [0.2, 0.25) is 5.91 Å². The number of nitrogens with two attached hydrogens (primary N) is 1. The lowest BCUT2D eigenvalue weighted by atomic mass is 10.1. The second kappa shape index (κ2) is 5.37. The van der Waals surface area contributed by atoms with Crippen LogP contribution < -0.4 is 11.5 Å². The summed E-state index contributed by atoms with van der Waals surface area (Å²) >= 11 is 1.47. The lowest BCUT2D eigenvalue weighted by molar-refractivity contribution is 0.1000. The lowest BCUT2D eigenvalue weighted by Crippen LogP contribution is -2.17. The van der Waals surface area contributed by atoms with E-state index in [2.05, 4.69) is 5.16 Å². The molecule has 0 atom stereocenters. The molecule has 1 aromatic carbocycles. The molecule has 0 unspecified atom stereocenters. The Morgan fingerprint density at radius 2 is 2.19 bits per heavy atom. The van der Waals surface area contributed by atoms with Gasteiger partial charge in [-0.3, -0.25) is 13.9 Å². The van der Waals surface area contributed by atoms with Crippen molar-refractivity contribution in [1.29, 1.82) is 0 Å². The molecule has 1 amide bonds. The van der Waals surface area contributed by atoms with Gasteiger partial charge >= 0.3 is 5.76 Å². The molecule has 6 nitrogen and oxygen atoms in total. The molecule has 0 aliphatic carbocycles. The fourth-order valence-corrected chi connectivity index (χ4v) is 2.71. The highest BCUT2D eigenvalue weighted by atomic mass is 32.1. The zero-order chi connectivity index (χ0) is 14.8. The van der Waals surface area contributed by atoms with Gasteiger partial charge in [-0.15, -0.1) is 11.3 Å². The zero-order valence-electron chi connectivity index (χ0n) is 10.9. The van der Waals surface area contributed by atoms with Crippen LogP contribution in [0.25, 0.3) is 10.7 Å². The van der Waals surface area contributed by atoms with Crippen molar-refractivity contribution in [3.05, 3.63) is 63.5 Å². The summed E-state index contributed by atoms with van der Waals surface area (Å²) in [7, 11) is 0. The average Bonchev–Trinajstić information content (AvgIpc) is 3.10. The molecule has 2 heterocycles. The minimum absolute atomic E-state index is 0.261. The fraction of sp³-hybridized carbons (Fsp3) is 0.0714. The maximum atomic E-state index is 11.8. The predicted molar refractivity (Wildman–Crippen MR) is 78.1 cm³/mol. The number of hydrogen-bond donors (Lipinski definition) is 1. The standard InChI is InChI=1S/C14H11N3O3S/c15-12(18)10-4-1-3-9(7-10)8-17-13(16-20-14(17)19)11-5-2-6-21-11/h1-7H,8H2,(H2,15,18). The Labute approximate surface area is 123 Å². The highest BCUT2D eigenvalue weighted by Gasteiger charge is 2.14. The van der Waals surface area contributed by atoms with Crippen LogP contribution in [0.2, 0.25) is 0 Å². The number of thiophene rings is 1. The number of carbonyl (C=O) groups excluding carboxylic acids is 1. The Kier molecular flexibility index (Phi) is 3.41. The molecule has 2 aromatic heterocycles. The van der Waals surface area contributed by atoms with Gasteiger partial charge in [0, 0.05) is 5.56 Å². The molecule has 0 bridgehead atoms. The number of rotatable bonds is 4. The molecule has 0 aliphatic rings. The van der Waals surface area contributed by atoms with Crippen LogP contribution in [0, 0.1) is 0 Å². The number of hydrogen-bond acceptors (Lipinski definition) is 5. The Balaban J connectivity index is 1.99. The van der Waals surface area contributed by atoms with Crippen molar-refractivity contribution in [2.75, 3.05) is 0 Å². The number of benzene rings is 1. The van der Waals surface area contributed by atoms with Crippen molar-refractivity contribution in [3.8, 4) is 10.7 Å². The SMILES string of the molecule is NC(=O)c1cccc(Cn2c(-c3cccs3)noc2=O)c1. The summed E-state index contributed by atoms with van der Waals surface area (Å²) in [5.41, 5.74) is 6.43. The third kappa shape index (κ3) is 2.63. The van der Waals surface area contributed by atoms with Gasteiger partial charge in [-0.2, -0.15) is 0 Å². The Bertz CT molecular complexity index is 833. The first-order valence-corrected chi connectivity index (χ1v) is 7.02. The molecule has 3 aromatic rings. The van der Waals surface area contributed by atoms with Crippen LogP contribution in [-0.4, -0.2) is 15.6 Å². The highest BCUT2D eigenvalue weighted by Crippen LogP contribution is 2.22. The third-order valence-corrected chi connectivity index (χ3v) is 3.85. The number of aromatic nitrogens is 2. The van der Waals surface area contributed by atoms with Crippen LogP contribution in [0.1, 0.15) is 15.9 Å². The van der Waals surface area contributed by atoms with Crippen molar-refractivity contribution < 1.29 is 9.32 Å². The Morgan fingerprint density at radius 1 is 1.33 bits per heavy atom. The maximum absolute atomic E-state index is 11.8. The van der Waals surface area contributed by atoms with E-state index < -0.39 is 11.7 Å². The van der Waals surface area contributed by atoms with Crippen LogP contribution in [0.4, 0.5) is 0 Å². The van der Waals surface area contributed by atoms with Gasteiger partial charge in [-0.05, 0) is 29.1 Å². The molecule has 106 valence electrons. The summed E-state index contributed by atoms with van der Waals surface area (Å²) in [4.78, 5) is 23.8. The smallest absolute Gasteiger partial charge is 0.366 e. The van der Waals surface area contributed by atoms with E-state index in [0.29, 0.717) is 11.4 Å². The summed E-state index contributed by atoms with van der Waals surface area (Å²) < 4.78 is 6.16. The van der Waals surface area contributed by atoms with Gasteiger partial charge in [0.05, 0.1) is 11.4 Å². The van der Waals surface area contributed by atoms with E-state index in [1.54, 1.807) is 18.2 Å². The van der Waals surface area contributed by atoms with E-state index in [1.165, 1.54) is 15.9 Å². The molecule has 0 radical (unpaired) electrons. The second-order valence-corrected chi connectivity index (χ2v) is 5.35. The first-order chi connectivity index (χ1) is 10.1. The predicted octanol–water partition coefficient (Wildman–Crippen LogP) is 1.71. The Morgan fingerprint density at radius 3 is 2.90 bits per heavy atom. The monoisotopic (exact) mass is 301 g/mol.